The van der Waals surface area contributed by atoms with Gasteiger partial charge in [0.1, 0.15) is 0 Å². The molecular weight excluding hydrogens is 361 g/mol. The van der Waals surface area contributed by atoms with Crippen LogP contribution in [0.1, 0.15) is 19.0 Å². The van der Waals surface area contributed by atoms with E-state index in [9.17, 15) is 0 Å². The molecule has 0 bridgehead atoms. The van der Waals surface area contributed by atoms with Crippen molar-refractivity contribution in [1.29, 1.82) is 0 Å². The van der Waals surface area contributed by atoms with E-state index in [0.717, 1.165) is 38.9 Å². The predicted octanol–water partition coefficient (Wildman–Crippen LogP) is 4.26. The van der Waals surface area contributed by atoms with Gasteiger partial charge in [0, 0.05) is 21.3 Å². The van der Waals surface area contributed by atoms with Crippen LogP contribution in [0.5, 0.6) is 0 Å². The van der Waals surface area contributed by atoms with Crippen molar-refractivity contribution in [1.82, 2.24) is 9.55 Å². The third-order valence-corrected chi connectivity index (χ3v) is 3.63. The number of imidazole rings is 1. The summed E-state index contributed by atoms with van der Waals surface area (Å²) in [6.07, 6.45) is 3.10. The average Bonchev–Trinajstić information content (AvgIpc) is 2.67. The normalized spacial score (nSPS) is 10.7. The molecule has 0 aliphatic carbocycles. The van der Waals surface area contributed by atoms with Crippen LogP contribution < -0.4 is 5.32 Å². The molecule has 1 aromatic heterocycles. The Labute approximate surface area is 126 Å². The minimum absolute atomic E-state index is 0.753. The molecule has 0 fully saturated rings. The van der Waals surface area contributed by atoms with Crippen LogP contribution in [0.4, 0.5) is 5.95 Å². The van der Waals surface area contributed by atoms with Gasteiger partial charge >= 0.3 is 0 Å². The van der Waals surface area contributed by atoms with Gasteiger partial charge in [-0.1, -0.05) is 18.5 Å². The third kappa shape index (κ3) is 2.98. The lowest BCUT2D eigenvalue weighted by molar-refractivity contribution is 0.935. The van der Waals surface area contributed by atoms with Gasteiger partial charge in [0.25, 0.3) is 0 Å². The van der Waals surface area contributed by atoms with E-state index in [1.165, 1.54) is 0 Å². The summed E-state index contributed by atoms with van der Waals surface area (Å²) in [5, 5.41) is 4.09. The molecule has 0 amide bonds. The van der Waals surface area contributed by atoms with Gasteiger partial charge in [-0.15, -0.1) is 0 Å². The Kier molecular flexibility index (Phi) is 4.50. The molecular formula is C13H15ClIN3. The number of hydrogen-bond donors (Lipinski definition) is 1. The van der Waals surface area contributed by atoms with Crippen LogP contribution in [-0.4, -0.2) is 16.1 Å². The number of halogens is 2. The SMILES string of the molecule is CCCNc1nc(C)cn1-c1ccc(Cl)cc1I. The van der Waals surface area contributed by atoms with E-state index in [2.05, 4.69) is 44.4 Å². The van der Waals surface area contributed by atoms with E-state index in [1.54, 1.807) is 0 Å². The second-order valence-corrected chi connectivity index (χ2v) is 5.70. The maximum atomic E-state index is 5.99. The van der Waals surface area contributed by atoms with E-state index < -0.39 is 0 Å². The summed E-state index contributed by atoms with van der Waals surface area (Å²) in [7, 11) is 0. The molecule has 1 aromatic carbocycles. The van der Waals surface area contributed by atoms with Crippen LogP contribution in [0, 0.1) is 10.5 Å². The standard InChI is InChI=1S/C13H15ClIN3/c1-3-6-16-13-17-9(2)8-18(13)12-5-4-10(14)7-11(12)15/h4-5,7-8H,3,6H2,1-2H3,(H,16,17). The van der Waals surface area contributed by atoms with Gasteiger partial charge in [0.15, 0.2) is 0 Å². The van der Waals surface area contributed by atoms with Crippen LogP contribution >= 0.6 is 34.2 Å². The van der Waals surface area contributed by atoms with Crippen molar-refractivity contribution in [2.45, 2.75) is 20.3 Å². The zero-order valence-electron chi connectivity index (χ0n) is 10.4. The quantitative estimate of drug-likeness (QED) is 0.809. The molecule has 0 radical (unpaired) electrons. The molecule has 3 nitrogen and oxygen atoms in total. The van der Waals surface area contributed by atoms with E-state index in [4.69, 9.17) is 11.6 Å². The van der Waals surface area contributed by atoms with Crippen molar-refractivity contribution in [3.8, 4) is 5.69 Å². The highest BCUT2D eigenvalue weighted by molar-refractivity contribution is 14.1. The second kappa shape index (κ2) is 5.93. The summed E-state index contributed by atoms with van der Waals surface area (Å²) in [6.45, 7) is 5.05. The number of benzene rings is 1. The van der Waals surface area contributed by atoms with Crippen LogP contribution in [0.2, 0.25) is 5.02 Å². The first kappa shape index (κ1) is 13.7. The summed E-state index contributed by atoms with van der Waals surface area (Å²) in [6, 6.07) is 5.87. The fraction of sp³-hybridized carbons (Fsp3) is 0.308. The van der Waals surface area contributed by atoms with Crippen LogP contribution in [0.15, 0.2) is 24.4 Å². The predicted molar refractivity (Wildman–Crippen MR) is 84.8 cm³/mol. The van der Waals surface area contributed by atoms with Crippen molar-refractivity contribution in [3.05, 3.63) is 38.7 Å². The van der Waals surface area contributed by atoms with Crippen LogP contribution in [0.25, 0.3) is 5.69 Å². The molecule has 5 heteroatoms. The first-order valence-corrected chi connectivity index (χ1v) is 7.32. The van der Waals surface area contributed by atoms with Crippen molar-refractivity contribution < 1.29 is 0 Å². The highest BCUT2D eigenvalue weighted by Crippen LogP contribution is 2.24. The van der Waals surface area contributed by atoms with E-state index in [-0.39, 0.29) is 0 Å². The molecule has 1 heterocycles. The molecule has 0 aliphatic heterocycles. The molecule has 0 unspecified atom stereocenters. The number of aromatic nitrogens is 2. The van der Waals surface area contributed by atoms with Gasteiger partial charge in [0.2, 0.25) is 5.95 Å². The maximum absolute atomic E-state index is 5.99. The monoisotopic (exact) mass is 375 g/mol. The Bertz CT molecular complexity index is 551. The molecule has 2 rings (SSSR count). The Morgan fingerprint density at radius 2 is 2.22 bits per heavy atom. The van der Waals surface area contributed by atoms with Gasteiger partial charge in [-0.2, -0.15) is 0 Å². The molecule has 0 saturated heterocycles. The average molecular weight is 376 g/mol. The van der Waals surface area contributed by atoms with Gasteiger partial charge in [-0.3, -0.25) is 4.57 Å². The molecule has 0 spiro atoms. The first-order valence-electron chi connectivity index (χ1n) is 5.87. The molecule has 0 atom stereocenters. The number of nitrogens with zero attached hydrogens (tertiary/aromatic N) is 2. The van der Waals surface area contributed by atoms with Crippen molar-refractivity contribution in [2.24, 2.45) is 0 Å². The number of rotatable bonds is 4. The van der Waals surface area contributed by atoms with Gasteiger partial charge in [0.05, 0.1) is 11.4 Å². The van der Waals surface area contributed by atoms with Crippen LogP contribution in [-0.2, 0) is 0 Å². The van der Waals surface area contributed by atoms with Crippen LogP contribution in [0.3, 0.4) is 0 Å². The number of nitrogens with one attached hydrogen (secondary N) is 1. The van der Waals surface area contributed by atoms with Gasteiger partial charge in [-0.05, 0) is 54.1 Å². The second-order valence-electron chi connectivity index (χ2n) is 4.10. The minimum Gasteiger partial charge on any atom is -0.355 e. The highest BCUT2D eigenvalue weighted by atomic mass is 127. The zero-order valence-corrected chi connectivity index (χ0v) is 13.3. The van der Waals surface area contributed by atoms with Crippen molar-refractivity contribution in [3.63, 3.8) is 0 Å². The summed E-state index contributed by atoms with van der Waals surface area (Å²) in [5.74, 6) is 0.884. The van der Waals surface area contributed by atoms with E-state index in [0.29, 0.717) is 0 Å². The summed E-state index contributed by atoms with van der Waals surface area (Å²) < 4.78 is 3.18. The van der Waals surface area contributed by atoms with Crippen molar-refractivity contribution in [2.75, 3.05) is 11.9 Å². The molecule has 0 saturated carbocycles. The van der Waals surface area contributed by atoms with Gasteiger partial charge < -0.3 is 5.32 Å². The summed E-state index contributed by atoms with van der Waals surface area (Å²) in [4.78, 5) is 4.50. The van der Waals surface area contributed by atoms with Gasteiger partial charge in [-0.25, -0.2) is 4.98 Å². The fourth-order valence-electron chi connectivity index (χ4n) is 1.72. The van der Waals surface area contributed by atoms with E-state index in [1.807, 2.05) is 31.3 Å². The number of aryl methyl sites for hydroxylation is 1. The number of anilines is 1. The first-order chi connectivity index (χ1) is 8.61. The lowest BCUT2D eigenvalue weighted by Gasteiger charge is -2.11. The Morgan fingerprint density at radius 3 is 2.89 bits per heavy atom. The Hall–Kier alpha value is -0.750. The zero-order chi connectivity index (χ0) is 13.1. The summed E-state index contributed by atoms with van der Waals surface area (Å²) >= 11 is 8.28. The highest BCUT2D eigenvalue weighted by Gasteiger charge is 2.09. The molecule has 18 heavy (non-hydrogen) atoms. The lowest BCUT2D eigenvalue weighted by Crippen LogP contribution is -2.07. The topological polar surface area (TPSA) is 29.9 Å². The Balaban J connectivity index is 2.42. The number of hydrogen-bond acceptors (Lipinski definition) is 2. The van der Waals surface area contributed by atoms with Crippen molar-refractivity contribution >= 4 is 40.1 Å². The lowest BCUT2D eigenvalue weighted by atomic mass is 10.3. The third-order valence-electron chi connectivity index (χ3n) is 2.53. The fourth-order valence-corrected chi connectivity index (χ4v) is 2.85. The largest absolute Gasteiger partial charge is 0.355 e. The van der Waals surface area contributed by atoms with E-state index >= 15 is 0 Å². The smallest absolute Gasteiger partial charge is 0.207 e. The maximum Gasteiger partial charge on any atom is 0.207 e. The molecule has 0 aliphatic rings. The molecule has 96 valence electrons. The Morgan fingerprint density at radius 1 is 1.44 bits per heavy atom. The molecule has 2 aromatic rings. The molecule has 1 N–H and O–H groups in total. The summed E-state index contributed by atoms with van der Waals surface area (Å²) in [5.41, 5.74) is 2.10. The minimum atomic E-state index is 0.753.